The van der Waals surface area contributed by atoms with Crippen LogP contribution in [0.25, 0.3) is 5.82 Å². The van der Waals surface area contributed by atoms with Crippen LogP contribution >= 0.6 is 24.0 Å². The lowest BCUT2D eigenvalue weighted by Crippen LogP contribution is -2.44. The molecule has 3 aromatic rings. The number of nitrogens with zero attached hydrogens (tertiary/aromatic N) is 6. The van der Waals surface area contributed by atoms with E-state index in [1.54, 1.807) is 25.5 Å². The maximum absolute atomic E-state index is 14.0. The Kier molecular flexibility index (Phi) is 7.77. The Morgan fingerprint density at radius 1 is 1.23 bits per heavy atom. The molecule has 1 unspecified atom stereocenters. The second kappa shape index (κ2) is 10.5. The number of hydrogen-bond acceptors (Lipinski definition) is 5. The number of aromatic nitrogens is 4. The topological polar surface area (TPSA) is 83.3 Å². The Morgan fingerprint density at radius 2 is 2.10 bits per heavy atom. The van der Waals surface area contributed by atoms with Crippen molar-refractivity contribution in [2.75, 3.05) is 25.0 Å². The molecule has 0 spiro atoms. The van der Waals surface area contributed by atoms with E-state index >= 15 is 0 Å². The Balaban J connectivity index is 0.00000272. The fourth-order valence-electron chi connectivity index (χ4n) is 3.54. The smallest absolute Gasteiger partial charge is 0.191 e. The minimum atomic E-state index is -0.289. The highest BCUT2D eigenvalue weighted by atomic mass is 127. The van der Waals surface area contributed by atoms with Crippen molar-refractivity contribution in [2.24, 2.45) is 4.99 Å². The molecule has 1 atom stereocenters. The highest BCUT2D eigenvalue weighted by Gasteiger charge is 2.25. The van der Waals surface area contributed by atoms with Crippen LogP contribution in [-0.2, 0) is 6.54 Å². The predicted octanol–water partition coefficient (Wildman–Crippen LogP) is 2.67. The molecule has 4 rings (SSSR count). The average molecular weight is 536 g/mol. The van der Waals surface area contributed by atoms with E-state index in [2.05, 4.69) is 30.6 Å². The second-order valence-electron chi connectivity index (χ2n) is 7.18. The molecule has 1 saturated heterocycles. The van der Waals surface area contributed by atoms with E-state index in [9.17, 15) is 4.39 Å². The van der Waals surface area contributed by atoms with Crippen LogP contribution in [0.4, 0.5) is 10.2 Å². The lowest BCUT2D eigenvalue weighted by atomic mass is 10.2. The summed E-state index contributed by atoms with van der Waals surface area (Å²) in [5.41, 5.74) is 1.04. The van der Waals surface area contributed by atoms with Crippen LogP contribution in [0.5, 0.6) is 0 Å². The van der Waals surface area contributed by atoms with Gasteiger partial charge in [0.2, 0.25) is 0 Å². The molecule has 164 valence electrons. The van der Waals surface area contributed by atoms with E-state index in [0.717, 1.165) is 30.2 Å². The summed E-state index contributed by atoms with van der Waals surface area (Å²) >= 11 is 0. The monoisotopic (exact) mass is 536 g/mol. The number of hydrogen-bond donors (Lipinski definition) is 2. The van der Waals surface area contributed by atoms with Crippen LogP contribution in [0.2, 0.25) is 0 Å². The molecule has 1 fully saturated rings. The lowest BCUT2D eigenvalue weighted by molar-refractivity contribution is 0.612. The van der Waals surface area contributed by atoms with Crippen molar-refractivity contribution in [3.05, 3.63) is 66.3 Å². The number of halogens is 2. The zero-order chi connectivity index (χ0) is 20.9. The van der Waals surface area contributed by atoms with Gasteiger partial charge in [0, 0.05) is 57.5 Å². The van der Waals surface area contributed by atoms with Crippen molar-refractivity contribution in [1.29, 1.82) is 0 Å². The van der Waals surface area contributed by atoms with Crippen molar-refractivity contribution in [3.63, 3.8) is 0 Å². The number of rotatable bonds is 5. The number of aliphatic imine (C=N–C) groups is 1. The van der Waals surface area contributed by atoms with Gasteiger partial charge in [0.1, 0.15) is 11.6 Å². The largest absolute Gasteiger partial charge is 0.352 e. The molecular formula is C21H26FIN8. The zero-order valence-electron chi connectivity index (χ0n) is 17.5. The lowest BCUT2D eigenvalue weighted by Gasteiger charge is -2.20. The fourth-order valence-corrected chi connectivity index (χ4v) is 3.54. The van der Waals surface area contributed by atoms with Gasteiger partial charge in [-0.1, -0.05) is 6.07 Å². The molecule has 0 bridgehead atoms. The highest BCUT2D eigenvalue weighted by molar-refractivity contribution is 14.0. The van der Waals surface area contributed by atoms with Crippen LogP contribution in [0.15, 0.2) is 54.0 Å². The quantitative estimate of drug-likeness (QED) is 0.297. The van der Waals surface area contributed by atoms with Crippen molar-refractivity contribution in [3.8, 4) is 5.82 Å². The fraction of sp³-hybridized carbons (Fsp3) is 0.333. The normalized spacial score (nSPS) is 16.2. The molecule has 1 aliphatic rings. The van der Waals surface area contributed by atoms with Gasteiger partial charge < -0.3 is 15.5 Å². The maximum atomic E-state index is 14.0. The van der Waals surface area contributed by atoms with Gasteiger partial charge in [0.15, 0.2) is 17.6 Å². The van der Waals surface area contributed by atoms with Gasteiger partial charge >= 0.3 is 0 Å². The number of nitrogens with one attached hydrogen (secondary N) is 2. The van der Waals surface area contributed by atoms with Crippen molar-refractivity contribution in [2.45, 2.75) is 25.9 Å². The molecule has 10 heteroatoms. The van der Waals surface area contributed by atoms with Crippen molar-refractivity contribution in [1.82, 2.24) is 30.2 Å². The third-order valence-electron chi connectivity index (χ3n) is 5.13. The minimum absolute atomic E-state index is 0. The molecule has 0 radical (unpaired) electrons. The van der Waals surface area contributed by atoms with E-state index in [-0.39, 0.29) is 35.8 Å². The minimum Gasteiger partial charge on any atom is -0.352 e. The Bertz CT molecular complexity index is 1020. The molecule has 31 heavy (non-hydrogen) atoms. The van der Waals surface area contributed by atoms with Gasteiger partial charge in [-0.15, -0.1) is 24.0 Å². The van der Waals surface area contributed by atoms with E-state index in [4.69, 9.17) is 0 Å². The predicted molar refractivity (Wildman–Crippen MR) is 130 cm³/mol. The summed E-state index contributed by atoms with van der Waals surface area (Å²) < 4.78 is 15.9. The number of aryl methyl sites for hydroxylation is 1. The molecule has 4 heterocycles. The first kappa shape index (κ1) is 22.9. The van der Waals surface area contributed by atoms with Crippen LogP contribution in [0.1, 0.15) is 17.8 Å². The number of imidazole rings is 1. The maximum Gasteiger partial charge on any atom is 0.191 e. The number of guanidine groups is 1. The van der Waals surface area contributed by atoms with Gasteiger partial charge in [0.05, 0.1) is 0 Å². The Morgan fingerprint density at radius 3 is 2.77 bits per heavy atom. The van der Waals surface area contributed by atoms with Crippen molar-refractivity contribution >= 4 is 35.8 Å². The van der Waals surface area contributed by atoms with Crippen LogP contribution in [-0.4, -0.2) is 51.7 Å². The third kappa shape index (κ3) is 5.49. The summed E-state index contributed by atoms with van der Waals surface area (Å²) in [6.07, 6.45) is 8.00. The number of anilines is 1. The van der Waals surface area contributed by atoms with Crippen LogP contribution in [0, 0.1) is 12.7 Å². The Hall–Kier alpha value is -2.76. The first-order valence-electron chi connectivity index (χ1n) is 9.92. The van der Waals surface area contributed by atoms with Crippen LogP contribution < -0.4 is 15.5 Å². The van der Waals surface area contributed by atoms with Gasteiger partial charge in [-0.05, 0) is 37.1 Å². The standard InChI is InChI=1S/C21H25FN8.HI/c1-15-24-9-11-30(15)19-6-5-16(12-26-19)13-27-21(23-2)28-17-7-10-29(14-17)20-18(22)4-3-8-25-20;/h3-6,8-9,11-12,17H,7,10,13-14H2,1-2H3,(H2,23,27,28);1H. The average Bonchev–Trinajstić information content (AvgIpc) is 3.41. The van der Waals surface area contributed by atoms with Gasteiger partial charge in [-0.2, -0.15) is 0 Å². The van der Waals surface area contributed by atoms with Crippen LogP contribution in [0.3, 0.4) is 0 Å². The molecule has 8 nitrogen and oxygen atoms in total. The van der Waals surface area contributed by atoms with Crippen molar-refractivity contribution < 1.29 is 4.39 Å². The summed E-state index contributed by atoms with van der Waals surface area (Å²) in [5, 5.41) is 6.73. The second-order valence-corrected chi connectivity index (χ2v) is 7.18. The van der Waals surface area contributed by atoms with Gasteiger partial charge in [0.25, 0.3) is 0 Å². The molecule has 0 aromatic carbocycles. The summed E-state index contributed by atoms with van der Waals surface area (Å²) in [6.45, 7) is 3.97. The summed E-state index contributed by atoms with van der Waals surface area (Å²) in [5.74, 6) is 2.56. The van der Waals surface area contributed by atoms with Gasteiger partial charge in [-0.3, -0.25) is 9.56 Å². The molecule has 0 amide bonds. The third-order valence-corrected chi connectivity index (χ3v) is 5.13. The van der Waals surface area contributed by atoms with E-state index in [1.807, 2.05) is 40.9 Å². The summed E-state index contributed by atoms with van der Waals surface area (Å²) in [4.78, 5) is 19.2. The Labute approximate surface area is 198 Å². The van der Waals surface area contributed by atoms with Gasteiger partial charge in [-0.25, -0.2) is 19.3 Å². The molecule has 1 aliphatic heterocycles. The van der Waals surface area contributed by atoms with E-state index < -0.39 is 0 Å². The molecule has 2 N–H and O–H groups in total. The first-order chi connectivity index (χ1) is 14.6. The molecule has 0 aliphatic carbocycles. The first-order valence-corrected chi connectivity index (χ1v) is 9.92. The van der Waals surface area contributed by atoms with E-state index in [0.29, 0.717) is 24.9 Å². The number of pyridine rings is 2. The molecule has 0 saturated carbocycles. The van der Waals surface area contributed by atoms with E-state index in [1.165, 1.54) is 6.07 Å². The SMILES string of the molecule is CN=C(NCc1ccc(-n2ccnc2C)nc1)NC1CCN(c2ncccc2F)C1.I. The highest BCUT2D eigenvalue weighted by Crippen LogP contribution is 2.20. The molecular weight excluding hydrogens is 510 g/mol. The zero-order valence-corrected chi connectivity index (χ0v) is 19.8. The summed E-state index contributed by atoms with van der Waals surface area (Å²) in [7, 11) is 1.74. The molecule has 3 aromatic heterocycles. The summed E-state index contributed by atoms with van der Waals surface area (Å²) in [6, 6.07) is 7.22.